The molecule has 2 fully saturated rings. The molecular weight excluding hydrogens is 676 g/mol. The van der Waals surface area contributed by atoms with Crippen LogP contribution >= 0.6 is 0 Å². The first-order chi connectivity index (χ1) is 24.5. The normalized spacial score (nSPS) is 33.8. The summed E-state index contributed by atoms with van der Waals surface area (Å²) in [6, 6.07) is 0. The molecule has 0 amide bonds. The molecule has 0 aromatic rings. The molecule has 298 valence electrons. The van der Waals surface area contributed by atoms with E-state index in [2.05, 4.69) is 27.7 Å². The Morgan fingerprint density at radius 1 is 1.02 bits per heavy atom. The Hall–Kier alpha value is -2.39. The molecule has 3 aliphatic rings. The summed E-state index contributed by atoms with van der Waals surface area (Å²) < 4.78 is 41.4. The maximum Gasteiger partial charge on any atom is 0.330 e. The van der Waals surface area contributed by atoms with Crippen molar-refractivity contribution in [1.29, 1.82) is 0 Å². The summed E-state index contributed by atoms with van der Waals surface area (Å²) in [5.74, 6) is -4.26. The topological polar surface area (TPSA) is 177 Å². The summed E-state index contributed by atoms with van der Waals surface area (Å²) >= 11 is 0. The molecule has 2 saturated heterocycles. The summed E-state index contributed by atoms with van der Waals surface area (Å²) in [5, 5.41) is 33.5. The van der Waals surface area contributed by atoms with Crippen molar-refractivity contribution >= 4 is 17.9 Å². The van der Waals surface area contributed by atoms with Crippen molar-refractivity contribution in [3.8, 4) is 0 Å². The monoisotopic (exact) mass is 740 g/mol. The minimum atomic E-state index is -2.26. The fourth-order valence-electron chi connectivity index (χ4n) is 6.73. The average Bonchev–Trinajstić information content (AvgIpc) is 3.07. The molecule has 3 rings (SSSR count). The molecule has 13 nitrogen and oxygen atoms in total. The Kier molecular flexibility index (Phi) is 17.2. The maximum absolute atomic E-state index is 13.3. The number of esters is 3. The molecule has 8 atom stereocenters. The van der Waals surface area contributed by atoms with Crippen LogP contribution in [0.5, 0.6) is 0 Å². The zero-order valence-corrected chi connectivity index (χ0v) is 32.3. The van der Waals surface area contributed by atoms with Crippen LogP contribution in [0.4, 0.5) is 0 Å². The van der Waals surface area contributed by atoms with Gasteiger partial charge in [-0.3, -0.25) is 9.59 Å². The van der Waals surface area contributed by atoms with E-state index in [1.54, 1.807) is 26.0 Å². The number of aliphatic hydroxyl groups is 3. The molecule has 0 spiro atoms. The Morgan fingerprint density at radius 3 is 2.40 bits per heavy atom. The second-order valence-corrected chi connectivity index (χ2v) is 15.9. The van der Waals surface area contributed by atoms with E-state index in [9.17, 15) is 29.7 Å². The minimum absolute atomic E-state index is 0.00879. The molecular formula is C39H64O13. The van der Waals surface area contributed by atoms with Gasteiger partial charge in [0.1, 0.15) is 6.10 Å². The predicted molar refractivity (Wildman–Crippen MR) is 191 cm³/mol. The number of ether oxygens (including phenoxy) is 7. The third kappa shape index (κ3) is 13.2. The first-order valence-corrected chi connectivity index (χ1v) is 19.0. The van der Waals surface area contributed by atoms with Gasteiger partial charge >= 0.3 is 17.9 Å². The number of unbranched alkanes of at least 4 members (excludes halogenated alkanes) is 4. The van der Waals surface area contributed by atoms with Crippen LogP contribution in [0.15, 0.2) is 23.8 Å². The molecule has 52 heavy (non-hydrogen) atoms. The van der Waals surface area contributed by atoms with Gasteiger partial charge in [0.15, 0.2) is 12.4 Å². The van der Waals surface area contributed by atoms with E-state index in [0.29, 0.717) is 25.9 Å². The van der Waals surface area contributed by atoms with Crippen LogP contribution in [0.2, 0.25) is 0 Å². The highest BCUT2D eigenvalue weighted by molar-refractivity contribution is 5.83. The zero-order chi connectivity index (χ0) is 38.5. The van der Waals surface area contributed by atoms with E-state index in [1.165, 1.54) is 13.2 Å². The molecule has 0 saturated carbocycles. The lowest BCUT2D eigenvalue weighted by atomic mass is 9.74. The maximum atomic E-state index is 13.3. The summed E-state index contributed by atoms with van der Waals surface area (Å²) in [6.45, 7) is 11.8. The van der Waals surface area contributed by atoms with Crippen LogP contribution < -0.4 is 0 Å². The first kappa shape index (κ1) is 44.0. The van der Waals surface area contributed by atoms with Gasteiger partial charge in [0, 0.05) is 37.4 Å². The fraction of sp³-hybridized carbons (Fsp3) is 0.821. The van der Waals surface area contributed by atoms with Crippen LogP contribution in [-0.2, 0) is 47.5 Å². The quantitative estimate of drug-likeness (QED) is 0.0966. The number of carbonyl (C=O) groups excluding carboxylic acids is 3. The van der Waals surface area contributed by atoms with Gasteiger partial charge in [0.05, 0.1) is 51.2 Å². The summed E-state index contributed by atoms with van der Waals surface area (Å²) in [5.41, 5.74) is -1.31. The molecule has 3 N–H and O–H groups in total. The molecule has 3 aliphatic heterocycles. The lowest BCUT2D eigenvalue weighted by molar-refractivity contribution is -0.327. The van der Waals surface area contributed by atoms with E-state index in [4.69, 9.17) is 33.2 Å². The second-order valence-electron chi connectivity index (χ2n) is 15.9. The molecule has 0 radical (unpaired) electrons. The van der Waals surface area contributed by atoms with Crippen molar-refractivity contribution in [3.63, 3.8) is 0 Å². The van der Waals surface area contributed by atoms with Gasteiger partial charge < -0.3 is 48.5 Å². The first-order valence-electron chi connectivity index (χ1n) is 19.0. The summed E-state index contributed by atoms with van der Waals surface area (Å²) in [4.78, 5) is 38.9. The molecule has 3 heterocycles. The highest BCUT2D eigenvalue weighted by atomic mass is 16.7. The number of aliphatic hydroxyl groups excluding tert-OH is 2. The Morgan fingerprint density at radius 2 is 1.73 bits per heavy atom. The number of fused-ring (bicyclic) bond motifs is 4. The van der Waals surface area contributed by atoms with Crippen molar-refractivity contribution in [3.05, 3.63) is 23.8 Å². The van der Waals surface area contributed by atoms with E-state index in [1.807, 2.05) is 0 Å². The largest absolute Gasteiger partial charge is 0.466 e. The zero-order valence-electron chi connectivity index (χ0n) is 32.3. The van der Waals surface area contributed by atoms with Crippen LogP contribution in [-0.4, -0.2) is 109 Å². The van der Waals surface area contributed by atoms with Crippen molar-refractivity contribution in [1.82, 2.24) is 0 Å². The second kappa shape index (κ2) is 20.3. The Balaban J connectivity index is 2.03. The molecule has 0 unspecified atom stereocenters. The molecule has 4 bridgehead atoms. The number of methoxy groups -OCH3 is 1. The third-order valence-electron chi connectivity index (χ3n) is 10.0. The Bertz CT molecular complexity index is 1210. The van der Waals surface area contributed by atoms with Gasteiger partial charge in [-0.2, -0.15) is 0 Å². The van der Waals surface area contributed by atoms with Gasteiger partial charge in [0.2, 0.25) is 5.79 Å². The average molecular weight is 741 g/mol. The third-order valence-corrected chi connectivity index (χ3v) is 10.0. The van der Waals surface area contributed by atoms with Gasteiger partial charge in [-0.05, 0) is 42.7 Å². The number of cyclic esters (lactones) is 1. The van der Waals surface area contributed by atoms with Crippen LogP contribution in [0.3, 0.4) is 0 Å². The number of hydrogen-bond donors (Lipinski definition) is 3. The SMILES string of the molecule is CCCCCCCC(=O)O[C@H]1/C(=C/C(=O)OC)C[C@H]2C[C@H](CO)OC(=O)C[C@H](O)CCO[C@H](C(C)(C)C)C[C@@H]3CCO[C@H](/C=C\C(C)(C)[C@]1(O)O2)O3. The van der Waals surface area contributed by atoms with Crippen molar-refractivity contribution < 1.29 is 62.9 Å². The van der Waals surface area contributed by atoms with Crippen molar-refractivity contribution in [2.45, 2.75) is 167 Å². The summed E-state index contributed by atoms with van der Waals surface area (Å²) in [6.07, 6.45) is 4.56. The Labute approximate surface area is 309 Å². The number of rotatable bonds is 9. The molecule has 0 aliphatic carbocycles. The van der Waals surface area contributed by atoms with Crippen molar-refractivity contribution in [2.75, 3.05) is 26.9 Å². The highest BCUT2D eigenvalue weighted by Crippen LogP contribution is 2.47. The summed E-state index contributed by atoms with van der Waals surface area (Å²) in [7, 11) is 1.22. The molecule has 13 heteroatoms. The minimum Gasteiger partial charge on any atom is -0.466 e. The van der Waals surface area contributed by atoms with Crippen LogP contribution in [0, 0.1) is 10.8 Å². The van der Waals surface area contributed by atoms with E-state index >= 15 is 0 Å². The highest BCUT2D eigenvalue weighted by Gasteiger charge is 2.57. The molecule has 0 aromatic heterocycles. The number of hydrogen-bond acceptors (Lipinski definition) is 13. The van der Waals surface area contributed by atoms with Crippen molar-refractivity contribution in [2.24, 2.45) is 10.8 Å². The van der Waals surface area contributed by atoms with Gasteiger partial charge in [-0.1, -0.05) is 73.3 Å². The van der Waals surface area contributed by atoms with E-state index < -0.39 is 66.4 Å². The number of carbonyl (C=O) groups is 3. The lowest BCUT2D eigenvalue weighted by Gasteiger charge is -2.51. The smallest absolute Gasteiger partial charge is 0.330 e. The van der Waals surface area contributed by atoms with E-state index in [0.717, 1.165) is 25.7 Å². The predicted octanol–water partition coefficient (Wildman–Crippen LogP) is 4.82. The fourth-order valence-corrected chi connectivity index (χ4v) is 6.73. The van der Waals surface area contributed by atoms with E-state index in [-0.39, 0.29) is 61.9 Å². The van der Waals surface area contributed by atoms with Gasteiger partial charge in [0.25, 0.3) is 0 Å². The standard InChI is InChI=1S/C39H64O13/c1-8-9-10-11-12-13-32(42)51-36-26(21-33(43)46-7)20-29-23-30(25-40)49-34(44)22-27(41)15-18-47-31(37(2,3)4)24-28-16-19-48-35(50-28)14-17-38(5,6)39(36,45)52-29/h14,17,21,27-31,35-36,40-41,45H,8-13,15-16,18-20,22-25H2,1-7H3/b17-14-,26-21+/t27-,28+,29+,30-,31+,35+,36+,39-/m1/s1. The van der Waals surface area contributed by atoms with Crippen LogP contribution in [0.1, 0.15) is 119 Å². The van der Waals surface area contributed by atoms with Crippen LogP contribution in [0.25, 0.3) is 0 Å². The lowest BCUT2D eigenvalue weighted by Crippen LogP contribution is -2.62. The van der Waals surface area contributed by atoms with Gasteiger partial charge in [-0.25, -0.2) is 4.79 Å². The molecule has 0 aromatic carbocycles. The van der Waals surface area contributed by atoms with Gasteiger partial charge in [-0.15, -0.1) is 0 Å².